The van der Waals surface area contributed by atoms with Gasteiger partial charge in [0.15, 0.2) is 0 Å². The molecule has 0 saturated carbocycles. The second-order valence-electron chi connectivity index (χ2n) is 2.77. The smallest absolute Gasteiger partial charge is 0.0488 e. The number of likely N-dealkylation sites (N-methyl/N-ethyl adjacent to an activating group) is 2. The molecular formula is C8H17N3. The van der Waals surface area contributed by atoms with Crippen molar-refractivity contribution in [2.45, 2.75) is 18.9 Å². The van der Waals surface area contributed by atoms with Gasteiger partial charge in [-0.05, 0) is 19.9 Å². The van der Waals surface area contributed by atoms with Crippen molar-refractivity contribution in [3.63, 3.8) is 0 Å². The molecule has 11 heavy (non-hydrogen) atoms. The van der Waals surface area contributed by atoms with Gasteiger partial charge in [-0.25, -0.2) is 0 Å². The third-order valence-electron chi connectivity index (χ3n) is 2.28. The highest BCUT2D eigenvalue weighted by Gasteiger charge is 2.21. The molecule has 0 spiro atoms. The zero-order chi connectivity index (χ0) is 8.27. The van der Waals surface area contributed by atoms with E-state index in [1.807, 2.05) is 21.1 Å². The van der Waals surface area contributed by atoms with Crippen molar-refractivity contribution in [1.29, 1.82) is 0 Å². The van der Waals surface area contributed by atoms with Gasteiger partial charge < -0.3 is 16.0 Å². The summed E-state index contributed by atoms with van der Waals surface area (Å²) in [4.78, 5) is 0. The molecule has 1 rings (SSSR count). The van der Waals surface area contributed by atoms with Crippen LogP contribution in [-0.4, -0.2) is 27.2 Å². The van der Waals surface area contributed by atoms with Crippen LogP contribution >= 0.6 is 0 Å². The first-order valence-electron chi connectivity index (χ1n) is 4.09. The van der Waals surface area contributed by atoms with Crippen molar-refractivity contribution >= 4 is 0 Å². The Kier molecular flexibility index (Phi) is 2.76. The van der Waals surface area contributed by atoms with Crippen molar-refractivity contribution in [2.24, 2.45) is 0 Å². The topological polar surface area (TPSA) is 36.1 Å². The maximum absolute atomic E-state index is 3.27. The molecule has 0 aromatic heterocycles. The van der Waals surface area contributed by atoms with Gasteiger partial charge in [0.1, 0.15) is 0 Å². The Balaban J connectivity index is 2.70. The molecule has 64 valence electrons. The molecule has 0 radical (unpaired) electrons. The molecule has 3 nitrogen and oxygen atoms in total. The Morgan fingerprint density at radius 1 is 1.18 bits per heavy atom. The van der Waals surface area contributed by atoms with Gasteiger partial charge in [-0.3, -0.25) is 0 Å². The number of hydrogen-bond acceptors (Lipinski definition) is 3. The molecule has 1 aliphatic rings. The van der Waals surface area contributed by atoms with E-state index in [1.165, 1.54) is 17.8 Å². The van der Waals surface area contributed by atoms with Gasteiger partial charge in [0.05, 0.1) is 0 Å². The lowest BCUT2D eigenvalue weighted by atomic mass is 10.2. The lowest BCUT2D eigenvalue weighted by molar-refractivity contribution is 0.602. The first-order valence-corrected chi connectivity index (χ1v) is 4.09. The van der Waals surface area contributed by atoms with E-state index in [1.54, 1.807) is 0 Å². The fraction of sp³-hybridized carbons (Fsp3) is 0.750. The molecule has 3 N–H and O–H groups in total. The lowest BCUT2D eigenvalue weighted by Gasteiger charge is -2.13. The predicted octanol–water partition coefficient (Wildman–Crippen LogP) is 0.0186. The Morgan fingerprint density at radius 2 is 1.91 bits per heavy atom. The first-order chi connectivity index (χ1) is 5.33. The van der Waals surface area contributed by atoms with Crippen LogP contribution in [0.3, 0.4) is 0 Å². The maximum atomic E-state index is 3.27. The second kappa shape index (κ2) is 3.62. The van der Waals surface area contributed by atoms with Gasteiger partial charge in [-0.2, -0.15) is 0 Å². The van der Waals surface area contributed by atoms with Crippen LogP contribution in [-0.2, 0) is 0 Å². The van der Waals surface area contributed by atoms with Crippen LogP contribution in [0.2, 0.25) is 0 Å². The molecule has 1 aliphatic carbocycles. The van der Waals surface area contributed by atoms with Gasteiger partial charge in [0.25, 0.3) is 0 Å². The van der Waals surface area contributed by atoms with E-state index in [-0.39, 0.29) is 0 Å². The van der Waals surface area contributed by atoms with E-state index in [9.17, 15) is 0 Å². The summed E-state index contributed by atoms with van der Waals surface area (Å²) in [6.45, 7) is 0. The molecule has 1 unspecified atom stereocenters. The summed E-state index contributed by atoms with van der Waals surface area (Å²) >= 11 is 0. The Hall–Kier alpha value is -0.700. The summed E-state index contributed by atoms with van der Waals surface area (Å²) in [5, 5.41) is 9.70. The molecule has 0 aromatic carbocycles. The summed E-state index contributed by atoms with van der Waals surface area (Å²) in [6, 6.07) is 0.516. The highest BCUT2D eigenvalue weighted by molar-refractivity contribution is 5.22. The molecule has 0 amide bonds. The summed E-state index contributed by atoms with van der Waals surface area (Å²) < 4.78 is 0. The minimum atomic E-state index is 0.516. The number of rotatable bonds is 3. The molecule has 3 heteroatoms. The van der Waals surface area contributed by atoms with Gasteiger partial charge in [-0.1, -0.05) is 0 Å². The van der Waals surface area contributed by atoms with Crippen molar-refractivity contribution in [3.8, 4) is 0 Å². The van der Waals surface area contributed by atoms with E-state index in [0.29, 0.717) is 6.04 Å². The Morgan fingerprint density at radius 3 is 2.36 bits per heavy atom. The fourth-order valence-corrected chi connectivity index (χ4v) is 1.65. The summed E-state index contributed by atoms with van der Waals surface area (Å²) in [5.41, 5.74) is 2.65. The monoisotopic (exact) mass is 155 g/mol. The molecule has 0 aliphatic heterocycles. The highest BCUT2D eigenvalue weighted by Crippen LogP contribution is 2.21. The van der Waals surface area contributed by atoms with Crippen LogP contribution in [0.1, 0.15) is 12.8 Å². The molecule has 0 bridgehead atoms. The minimum Gasteiger partial charge on any atom is -0.390 e. The average molecular weight is 155 g/mol. The first kappa shape index (κ1) is 8.40. The quantitative estimate of drug-likeness (QED) is 0.537. The lowest BCUT2D eigenvalue weighted by Crippen LogP contribution is -2.31. The largest absolute Gasteiger partial charge is 0.390 e. The number of allylic oxidation sites excluding steroid dienone is 1. The summed E-state index contributed by atoms with van der Waals surface area (Å²) in [6.07, 6.45) is 2.35. The zero-order valence-electron chi connectivity index (χ0n) is 7.49. The molecular weight excluding hydrogens is 138 g/mol. The van der Waals surface area contributed by atoms with Crippen LogP contribution in [0.15, 0.2) is 11.4 Å². The predicted molar refractivity (Wildman–Crippen MR) is 47.2 cm³/mol. The van der Waals surface area contributed by atoms with Crippen LogP contribution in [0.25, 0.3) is 0 Å². The van der Waals surface area contributed by atoms with E-state index in [4.69, 9.17) is 0 Å². The third-order valence-corrected chi connectivity index (χ3v) is 2.28. The third kappa shape index (κ3) is 1.48. The molecule has 0 fully saturated rings. The van der Waals surface area contributed by atoms with Crippen molar-refractivity contribution in [3.05, 3.63) is 11.4 Å². The highest BCUT2D eigenvalue weighted by atomic mass is 15.0. The van der Waals surface area contributed by atoms with Gasteiger partial charge in [0, 0.05) is 31.5 Å². The fourth-order valence-electron chi connectivity index (χ4n) is 1.65. The van der Waals surface area contributed by atoms with Crippen molar-refractivity contribution in [1.82, 2.24) is 16.0 Å². The van der Waals surface area contributed by atoms with Gasteiger partial charge in [0.2, 0.25) is 0 Å². The molecule has 0 aromatic rings. The Bertz CT molecular complexity index is 163. The van der Waals surface area contributed by atoms with E-state index in [2.05, 4.69) is 16.0 Å². The maximum Gasteiger partial charge on any atom is 0.0488 e. The standard InChI is InChI=1S/C8H17N3/c1-9-6-4-5-7(10-2)8(6)11-3/h6,9-11H,4-5H2,1-3H3. The van der Waals surface area contributed by atoms with Crippen LogP contribution in [0.5, 0.6) is 0 Å². The molecule has 0 saturated heterocycles. The van der Waals surface area contributed by atoms with E-state index < -0.39 is 0 Å². The molecule has 0 heterocycles. The number of hydrogen-bond donors (Lipinski definition) is 3. The van der Waals surface area contributed by atoms with Gasteiger partial charge in [-0.15, -0.1) is 0 Å². The van der Waals surface area contributed by atoms with E-state index in [0.717, 1.165) is 6.42 Å². The van der Waals surface area contributed by atoms with Crippen LogP contribution in [0, 0.1) is 0 Å². The normalized spacial score (nSPS) is 24.1. The average Bonchev–Trinajstić information content (AvgIpc) is 2.45. The second-order valence-corrected chi connectivity index (χ2v) is 2.77. The summed E-state index contributed by atoms with van der Waals surface area (Å²) in [7, 11) is 5.95. The summed E-state index contributed by atoms with van der Waals surface area (Å²) in [5.74, 6) is 0. The van der Waals surface area contributed by atoms with Crippen LogP contribution in [0.4, 0.5) is 0 Å². The molecule has 1 atom stereocenters. The van der Waals surface area contributed by atoms with Crippen molar-refractivity contribution in [2.75, 3.05) is 21.1 Å². The van der Waals surface area contributed by atoms with E-state index >= 15 is 0 Å². The SMILES string of the molecule is CNC1=C(NC)C(NC)CC1. The van der Waals surface area contributed by atoms with Crippen LogP contribution < -0.4 is 16.0 Å². The zero-order valence-corrected chi connectivity index (χ0v) is 7.49. The Labute approximate surface area is 68.2 Å². The number of nitrogens with one attached hydrogen (secondary N) is 3. The minimum absolute atomic E-state index is 0.516. The van der Waals surface area contributed by atoms with Gasteiger partial charge >= 0.3 is 0 Å². The van der Waals surface area contributed by atoms with Crippen molar-refractivity contribution < 1.29 is 0 Å².